The van der Waals surface area contributed by atoms with Crippen molar-refractivity contribution >= 4 is 37.9 Å². The topological polar surface area (TPSA) is 107 Å². The Labute approximate surface area is 258 Å². The maximum atomic E-state index is 13.2. The van der Waals surface area contributed by atoms with Gasteiger partial charge < -0.3 is 15.3 Å². The molecule has 1 unspecified atom stereocenters. The molecule has 3 heterocycles. The van der Waals surface area contributed by atoms with E-state index in [-0.39, 0.29) is 4.90 Å². The summed E-state index contributed by atoms with van der Waals surface area (Å²) < 4.78 is 29.2. The van der Waals surface area contributed by atoms with E-state index in [9.17, 15) is 13.5 Å². The van der Waals surface area contributed by atoms with Crippen molar-refractivity contribution in [3.05, 3.63) is 94.8 Å². The molecule has 6 rings (SSSR count). The Morgan fingerprint density at radius 1 is 1.05 bits per heavy atom. The SMILES string of the molecule is O=S(=O)(Nc1ccc(CCNCC(O)c2cccnc2)cc1)c1ccc2c(c1)CCN2c1ncc(CCC2CCCC2)s1. The van der Waals surface area contributed by atoms with Crippen molar-refractivity contribution in [2.75, 3.05) is 29.3 Å². The van der Waals surface area contributed by atoms with E-state index < -0.39 is 16.1 Å². The fourth-order valence-corrected chi connectivity index (χ4v) is 8.12. The minimum atomic E-state index is -3.72. The quantitative estimate of drug-likeness (QED) is 0.158. The predicted molar refractivity (Wildman–Crippen MR) is 173 cm³/mol. The number of thiazole rings is 1. The van der Waals surface area contributed by atoms with Crippen molar-refractivity contribution in [1.82, 2.24) is 15.3 Å². The fraction of sp³-hybridized carbons (Fsp3) is 0.394. The highest BCUT2D eigenvalue weighted by Gasteiger charge is 2.26. The average Bonchev–Trinajstić information content (AvgIpc) is 3.80. The van der Waals surface area contributed by atoms with Gasteiger partial charge in [-0.2, -0.15) is 0 Å². The number of aliphatic hydroxyl groups is 1. The van der Waals surface area contributed by atoms with Crippen LogP contribution in [0.25, 0.3) is 0 Å². The van der Waals surface area contributed by atoms with E-state index in [2.05, 4.69) is 19.9 Å². The lowest BCUT2D eigenvalue weighted by atomic mass is 10.0. The van der Waals surface area contributed by atoms with Crippen LogP contribution in [0.1, 0.15) is 59.8 Å². The number of pyridine rings is 1. The number of nitrogens with zero attached hydrogens (tertiary/aromatic N) is 3. The third-order valence-electron chi connectivity index (χ3n) is 8.51. The second kappa shape index (κ2) is 13.5. The molecule has 0 saturated heterocycles. The maximum Gasteiger partial charge on any atom is 0.261 e. The van der Waals surface area contributed by atoms with E-state index >= 15 is 0 Å². The average molecular weight is 618 g/mol. The summed E-state index contributed by atoms with van der Waals surface area (Å²) in [5, 5.41) is 14.5. The Balaban J connectivity index is 1.01. The third kappa shape index (κ3) is 7.44. The van der Waals surface area contributed by atoms with Crippen LogP contribution in [0.15, 0.2) is 78.1 Å². The first kappa shape index (κ1) is 29.7. The Morgan fingerprint density at radius 2 is 1.88 bits per heavy atom. The normalized spacial score (nSPS) is 16.0. The zero-order valence-corrected chi connectivity index (χ0v) is 25.9. The van der Waals surface area contributed by atoms with Gasteiger partial charge in [0.25, 0.3) is 10.0 Å². The number of benzene rings is 2. The van der Waals surface area contributed by atoms with Gasteiger partial charge in [-0.05, 0) is 85.7 Å². The minimum Gasteiger partial charge on any atom is -0.387 e. The minimum absolute atomic E-state index is 0.268. The smallest absolute Gasteiger partial charge is 0.261 e. The number of nitrogens with one attached hydrogen (secondary N) is 2. The maximum absolute atomic E-state index is 13.2. The molecule has 2 aromatic heterocycles. The fourth-order valence-electron chi connectivity index (χ4n) is 6.04. The first-order valence-electron chi connectivity index (χ1n) is 15.2. The second-order valence-corrected chi connectivity index (χ2v) is 14.3. The van der Waals surface area contributed by atoms with Crippen LogP contribution in [0.3, 0.4) is 0 Å². The van der Waals surface area contributed by atoms with E-state index in [1.165, 1.54) is 37.0 Å². The second-order valence-electron chi connectivity index (χ2n) is 11.5. The highest BCUT2D eigenvalue weighted by atomic mass is 32.2. The number of sulfonamides is 1. The predicted octanol–water partition coefficient (Wildman–Crippen LogP) is 6.02. The molecule has 0 radical (unpaired) electrons. The zero-order chi connectivity index (χ0) is 29.6. The summed E-state index contributed by atoms with van der Waals surface area (Å²) in [6, 6.07) is 16.5. The molecule has 43 heavy (non-hydrogen) atoms. The van der Waals surface area contributed by atoms with E-state index in [0.29, 0.717) is 18.8 Å². The Hall–Kier alpha value is -3.31. The van der Waals surface area contributed by atoms with Crippen LogP contribution in [-0.2, 0) is 29.3 Å². The van der Waals surface area contributed by atoms with Crippen LogP contribution in [0.2, 0.25) is 0 Å². The van der Waals surface area contributed by atoms with Crippen molar-refractivity contribution < 1.29 is 13.5 Å². The molecule has 0 spiro atoms. The Bertz CT molecular complexity index is 1600. The van der Waals surface area contributed by atoms with Crippen molar-refractivity contribution in [2.45, 2.75) is 62.4 Å². The number of hydrogen-bond acceptors (Lipinski definition) is 8. The van der Waals surface area contributed by atoms with Crippen molar-refractivity contribution in [3.8, 4) is 0 Å². The number of anilines is 3. The van der Waals surface area contributed by atoms with Gasteiger partial charge in [0.05, 0.1) is 11.0 Å². The van der Waals surface area contributed by atoms with Crippen LogP contribution < -0.4 is 14.9 Å². The molecule has 1 fully saturated rings. The van der Waals surface area contributed by atoms with Crippen LogP contribution >= 0.6 is 11.3 Å². The lowest BCUT2D eigenvalue weighted by molar-refractivity contribution is 0.174. The summed E-state index contributed by atoms with van der Waals surface area (Å²) >= 11 is 1.76. The molecule has 8 nitrogen and oxygen atoms in total. The highest BCUT2D eigenvalue weighted by molar-refractivity contribution is 7.92. The summed E-state index contributed by atoms with van der Waals surface area (Å²) in [6.07, 6.45) is 14.2. The van der Waals surface area contributed by atoms with Gasteiger partial charge in [0.2, 0.25) is 0 Å². The Kier molecular flexibility index (Phi) is 9.37. The van der Waals surface area contributed by atoms with Gasteiger partial charge in [-0.15, -0.1) is 11.3 Å². The lowest BCUT2D eigenvalue weighted by Gasteiger charge is -2.16. The molecule has 226 valence electrons. The highest BCUT2D eigenvalue weighted by Crippen LogP contribution is 2.38. The molecule has 10 heteroatoms. The molecule has 2 aromatic carbocycles. The standard InChI is InChI=1S/C33H39N5O3S2/c39-32(27-6-3-17-34-21-27)23-35-18-15-25-7-10-28(11-8-25)37-43(40,41)30-13-14-31-26(20-30)16-19-38(31)33-36-22-29(42-33)12-9-24-4-1-2-5-24/h3,6-8,10-11,13-14,17,20-22,24,32,35,37,39H,1-2,4-5,9,12,15-16,18-19,23H2. The number of aromatic nitrogens is 2. The number of aliphatic hydroxyl groups excluding tert-OH is 1. The monoisotopic (exact) mass is 617 g/mol. The van der Waals surface area contributed by atoms with Crippen LogP contribution in [-0.4, -0.2) is 43.1 Å². The molecule has 3 N–H and O–H groups in total. The van der Waals surface area contributed by atoms with Gasteiger partial charge in [-0.25, -0.2) is 13.4 Å². The summed E-state index contributed by atoms with van der Waals surface area (Å²) in [7, 11) is -3.72. The number of hydrogen-bond donors (Lipinski definition) is 3. The lowest BCUT2D eigenvalue weighted by Crippen LogP contribution is -2.23. The van der Waals surface area contributed by atoms with Crippen molar-refractivity contribution in [1.29, 1.82) is 0 Å². The van der Waals surface area contributed by atoms with E-state index in [0.717, 1.165) is 59.2 Å². The molecular formula is C33H39N5O3S2. The summed E-state index contributed by atoms with van der Waals surface area (Å²) in [6.45, 7) is 1.94. The largest absolute Gasteiger partial charge is 0.387 e. The third-order valence-corrected chi connectivity index (χ3v) is 11.0. The van der Waals surface area contributed by atoms with E-state index in [1.54, 1.807) is 48.0 Å². The number of fused-ring (bicyclic) bond motifs is 1. The van der Waals surface area contributed by atoms with Gasteiger partial charge in [0.15, 0.2) is 5.13 Å². The molecule has 1 aliphatic carbocycles. The van der Waals surface area contributed by atoms with Crippen LogP contribution in [0, 0.1) is 5.92 Å². The molecule has 2 aliphatic rings. The molecular weight excluding hydrogens is 579 g/mol. The summed E-state index contributed by atoms with van der Waals surface area (Å²) in [5.41, 5.74) is 4.46. The Morgan fingerprint density at radius 3 is 2.67 bits per heavy atom. The van der Waals surface area contributed by atoms with E-state index in [4.69, 9.17) is 4.98 Å². The van der Waals surface area contributed by atoms with Gasteiger partial charge >= 0.3 is 0 Å². The van der Waals surface area contributed by atoms with Crippen molar-refractivity contribution in [2.24, 2.45) is 5.92 Å². The van der Waals surface area contributed by atoms with Crippen LogP contribution in [0.4, 0.5) is 16.5 Å². The van der Waals surface area contributed by atoms with Gasteiger partial charge in [0, 0.05) is 53.5 Å². The van der Waals surface area contributed by atoms with Gasteiger partial charge in [0.1, 0.15) is 0 Å². The molecule has 1 atom stereocenters. The zero-order valence-electron chi connectivity index (χ0n) is 24.3. The molecule has 1 saturated carbocycles. The summed E-state index contributed by atoms with van der Waals surface area (Å²) in [5.74, 6) is 0.872. The molecule has 0 amide bonds. The van der Waals surface area contributed by atoms with Crippen LogP contribution in [0.5, 0.6) is 0 Å². The van der Waals surface area contributed by atoms with Gasteiger partial charge in [-0.3, -0.25) is 9.71 Å². The molecule has 0 bridgehead atoms. The van der Waals surface area contributed by atoms with Crippen molar-refractivity contribution in [3.63, 3.8) is 0 Å². The number of rotatable bonds is 13. The van der Waals surface area contributed by atoms with Gasteiger partial charge in [-0.1, -0.05) is 43.9 Å². The first-order valence-corrected chi connectivity index (χ1v) is 17.5. The van der Waals surface area contributed by atoms with E-state index in [1.807, 2.05) is 36.5 Å². The number of aryl methyl sites for hydroxylation is 1. The molecule has 1 aliphatic heterocycles. The molecule has 4 aromatic rings. The summed E-state index contributed by atoms with van der Waals surface area (Å²) in [4.78, 5) is 12.6. The first-order chi connectivity index (χ1) is 20.9.